The van der Waals surface area contributed by atoms with Crippen LogP contribution in [0.25, 0.3) is 0 Å². The third-order valence-electron chi connectivity index (χ3n) is 4.56. The Balaban J connectivity index is 1.77. The van der Waals surface area contributed by atoms with E-state index in [1.54, 1.807) is 7.11 Å². The van der Waals surface area contributed by atoms with E-state index < -0.39 is 0 Å². The van der Waals surface area contributed by atoms with Crippen LogP contribution in [0, 0.1) is 0 Å². The Morgan fingerprint density at radius 3 is 2.23 bits per heavy atom. The minimum Gasteiger partial charge on any atom is -0.497 e. The van der Waals surface area contributed by atoms with Gasteiger partial charge in [-0.2, -0.15) is 0 Å². The van der Waals surface area contributed by atoms with Crippen molar-refractivity contribution in [3.63, 3.8) is 0 Å². The molecule has 0 atom stereocenters. The maximum Gasteiger partial charge on any atom is 0.174 e. The topological polar surface area (TPSA) is 33.7 Å². The molecule has 3 aromatic rings. The van der Waals surface area contributed by atoms with Crippen LogP contribution >= 0.6 is 23.8 Å². The van der Waals surface area contributed by atoms with Crippen LogP contribution in [-0.2, 0) is 13.1 Å². The summed E-state index contributed by atoms with van der Waals surface area (Å²) in [6.07, 6.45) is 0. The lowest BCUT2D eigenvalue weighted by atomic mass is 10.1. The molecule has 0 fully saturated rings. The summed E-state index contributed by atoms with van der Waals surface area (Å²) in [5.74, 6) is 1.66. The molecule has 0 heterocycles. The second-order valence-corrected chi connectivity index (χ2v) is 7.48. The lowest BCUT2D eigenvalue weighted by Gasteiger charge is -2.27. The molecule has 0 saturated carbocycles. The van der Waals surface area contributed by atoms with Gasteiger partial charge >= 0.3 is 0 Å². The van der Waals surface area contributed by atoms with Gasteiger partial charge in [-0.3, -0.25) is 0 Å². The van der Waals surface area contributed by atoms with Gasteiger partial charge in [-0.15, -0.1) is 0 Å². The molecular weight excluding hydrogens is 416 g/mol. The molecule has 30 heavy (non-hydrogen) atoms. The number of rotatable bonds is 8. The van der Waals surface area contributed by atoms with Gasteiger partial charge in [-0.05, 0) is 72.7 Å². The number of benzene rings is 3. The van der Waals surface area contributed by atoms with Gasteiger partial charge in [0.15, 0.2) is 5.11 Å². The summed E-state index contributed by atoms with van der Waals surface area (Å²) >= 11 is 12.1. The Kier molecular flexibility index (Phi) is 7.94. The molecule has 3 aromatic carbocycles. The largest absolute Gasteiger partial charge is 0.497 e. The number of ether oxygens (including phenoxy) is 2. The first-order chi connectivity index (χ1) is 14.6. The monoisotopic (exact) mass is 440 g/mol. The fourth-order valence-electron chi connectivity index (χ4n) is 2.99. The molecule has 1 N–H and O–H groups in total. The Bertz CT molecular complexity index is 962. The van der Waals surface area contributed by atoms with Crippen LogP contribution in [0.15, 0.2) is 72.8 Å². The molecule has 0 radical (unpaired) electrons. The maximum absolute atomic E-state index is 6.40. The van der Waals surface area contributed by atoms with E-state index in [4.69, 9.17) is 33.3 Å². The van der Waals surface area contributed by atoms with Crippen LogP contribution in [0.5, 0.6) is 11.5 Å². The molecule has 0 amide bonds. The first kappa shape index (κ1) is 21.9. The van der Waals surface area contributed by atoms with E-state index in [0.717, 1.165) is 33.3 Å². The number of halogens is 1. The van der Waals surface area contributed by atoms with Crippen LogP contribution in [0.1, 0.15) is 18.1 Å². The smallest absolute Gasteiger partial charge is 0.174 e. The number of nitrogens with one attached hydrogen (secondary N) is 1. The van der Waals surface area contributed by atoms with Crippen molar-refractivity contribution in [2.24, 2.45) is 0 Å². The zero-order chi connectivity index (χ0) is 21.3. The summed E-state index contributed by atoms with van der Waals surface area (Å²) in [5, 5.41) is 4.67. The second-order valence-electron chi connectivity index (χ2n) is 6.68. The number of hydrogen-bond donors (Lipinski definition) is 1. The summed E-state index contributed by atoms with van der Waals surface area (Å²) in [7, 11) is 1.66. The van der Waals surface area contributed by atoms with Crippen LogP contribution in [0.2, 0.25) is 5.02 Å². The summed E-state index contributed by atoms with van der Waals surface area (Å²) < 4.78 is 10.8. The highest BCUT2D eigenvalue weighted by molar-refractivity contribution is 7.80. The van der Waals surface area contributed by atoms with Gasteiger partial charge in [0.1, 0.15) is 11.5 Å². The minimum atomic E-state index is 0.592. The summed E-state index contributed by atoms with van der Waals surface area (Å²) in [6, 6.07) is 23.6. The third-order valence-corrected chi connectivity index (χ3v) is 5.28. The highest BCUT2D eigenvalue weighted by Crippen LogP contribution is 2.21. The average Bonchev–Trinajstić information content (AvgIpc) is 2.77. The van der Waals surface area contributed by atoms with E-state index in [9.17, 15) is 0 Å². The first-order valence-electron chi connectivity index (χ1n) is 9.74. The molecule has 156 valence electrons. The van der Waals surface area contributed by atoms with Crippen LogP contribution in [0.4, 0.5) is 5.69 Å². The molecular formula is C24H25ClN2O2S. The van der Waals surface area contributed by atoms with Gasteiger partial charge in [0.05, 0.1) is 13.7 Å². The zero-order valence-electron chi connectivity index (χ0n) is 17.1. The maximum atomic E-state index is 6.40. The normalized spacial score (nSPS) is 10.4. The molecule has 0 aliphatic carbocycles. The summed E-state index contributed by atoms with van der Waals surface area (Å²) in [6.45, 7) is 3.83. The number of thiocarbonyl (C=S) groups is 1. The van der Waals surface area contributed by atoms with Gasteiger partial charge in [0.2, 0.25) is 0 Å². The molecule has 0 saturated heterocycles. The molecule has 4 nitrogen and oxygen atoms in total. The Labute approximate surface area is 188 Å². The van der Waals surface area contributed by atoms with Crippen molar-refractivity contribution in [2.45, 2.75) is 20.0 Å². The van der Waals surface area contributed by atoms with E-state index in [-0.39, 0.29) is 0 Å². The predicted molar refractivity (Wildman–Crippen MR) is 128 cm³/mol. The molecule has 0 bridgehead atoms. The van der Waals surface area contributed by atoms with Crippen molar-refractivity contribution in [1.29, 1.82) is 0 Å². The Hall–Kier alpha value is -2.76. The lowest BCUT2D eigenvalue weighted by molar-refractivity contribution is 0.340. The molecule has 0 aliphatic rings. The lowest BCUT2D eigenvalue weighted by Crippen LogP contribution is -2.33. The summed E-state index contributed by atoms with van der Waals surface area (Å²) in [5.41, 5.74) is 3.05. The van der Waals surface area contributed by atoms with Gasteiger partial charge in [0, 0.05) is 23.8 Å². The Morgan fingerprint density at radius 2 is 1.60 bits per heavy atom. The van der Waals surface area contributed by atoms with Crippen molar-refractivity contribution in [3.05, 3.63) is 88.9 Å². The van der Waals surface area contributed by atoms with Gasteiger partial charge < -0.3 is 19.7 Å². The highest BCUT2D eigenvalue weighted by Gasteiger charge is 2.14. The van der Waals surface area contributed by atoms with E-state index >= 15 is 0 Å². The minimum absolute atomic E-state index is 0.592. The molecule has 3 rings (SSSR count). The summed E-state index contributed by atoms with van der Waals surface area (Å²) in [4.78, 5) is 2.09. The quantitative estimate of drug-likeness (QED) is 0.425. The van der Waals surface area contributed by atoms with Crippen molar-refractivity contribution < 1.29 is 9.47 Å². The SMILES string of the molecule is CCOc1ccc(NC(=S)N(Cc2ccc(OC)cc2)Cc2ccccc2Cl)cc1. The van der Waals surface area contributed by atoms with Crippen LogP contribution < -0.4 is 14.8 Å². The van der Waals surface area contributed by atoms with Crippen molar-refractivity contribution in [2.75, 3.05) is 19.0 Å². The predicted octanol–water partition coefficient (Wildman–Crippen LogP) is 6.15. The molecule has 0 aromatic heterocycles. The fourth-order valence-corrected chi connectivity index (χ4v) is 3.43. The fraction of sp³-hybridized carbons (Fsp3) is 0.208. The molecule has 0 unspecified atom stereocenters. The van der Waals surface area contributed by atoms with Gasteiger partial charge in [-0.25, -0.2) is 0 Å². The Morgan fingerprint density at radius 1 is 0.933 bits per heavy atom. The third kappa shape index (κ3) is 6.12. The number of nitrogens with zero attached hydrogens (tertiary/aromatic N) is 1. The van der Waals surface area contributed by atoms with Crippen LogP contribution in [-0.4, -0.2) is 23.7 Å². The van der Waals surface area contributed by atoms with E-state index in [0.29, 0.717) is 24.8 Å². The number of anilines is 1. The van der Waals surface area contributed by atoms with Crippen LogP contribution in [0.3, 0.4) is 0 Å². The van der Waals surface area contributed by atoms with Crippen molar-refractivity contribution in [3.8, 4) is 11.5 Å². The van der Waals surface area contributed by atoms with E-state index in [1.807, 2.05) is 79.7 Å². The van der Waals surface area contributed by atoms with Gasteiger partial charge in [0.25, 0.3) is 0 Å². The number of hydrogen-bond acceptors (Lipinski definition) is 3. The zero-order valence-corrected chi connectivity index (χ0v) is 18.7. The van der Waals surface area contributed by atoms with Crippen molar-refractivity contribution >= 4 is 34.6 Å². The van der Waals surface area contributed by atoms with E-state index in [1.165, 1.54) is 0 Å². The second kappa shape index (κ2) is 10.9. The molecule has 0 aliphatic heterocycles. The van der Waals surface area contributed by atoms with Gasteiger partial charge in [-0.1, -0.05) is 41.9 Å². The standard InChI is InChI=1S/C24H25ClN2O2S/c1-3-29-22-14-10-20(11-15-22)26-24(30)27(17-19-6-4-5-7-23(19)25)16-18-8-12-21(28-2)13-9-18/h4-15H,3,16-17H2,1-2H3,(H,26,30). The number of methoxy groups -OCH3 is 1. The van der Waals surface area contributed by atoms with Crippen molar-refractivity contribution in [1.82, 2.24) is 4.90 Å². The highest BCUT2D eigenvalue weighted by atomic mass is 35.5. The van der Waals surface area contributed by atoms with E-state index in [2.05, 4.69) is 10.2 Å². The molecule has 0 spiro atoms. The first-order valence-corrected chi connectivity index (χ1v) is 10.5. The average molecular weight is 441 g/mol. The molecule has 6 heteroatoms.